The molecule has 1 aliphatic heterocycles. The van der Waals surface area contributed by atoms with Crippen LogP contribution in [0.5, 0.6) is 0 Å². The van der Waals surface area contributed by atoms with Gasteiger partial charge in [0.2, 0.25) is 0 Å². The summed E-state index contributed by atoms with van der Waals surface area (Å²) in [5.74, 6) is 0.648. The minimum atomic E-state index is -0.146. The van der Waals surface area contributed by atoms with Crippen LogP contribution in [0.2, 0.25) is 0 Å². The molecule has 122 valence electrons. The van der Waals surface area contributed by atoms with Gasteiger partial charge in [0.15, 0.2) is 5.82 Å². The molecule has 23 heavy (non-hydrogen) atoms. The van der Waals surface area contributed by atoms with E-state index in [1.807, 2.05) is 30.3 Å². The van der Waals surface area contributed by atoms with Gasteiger partial charge in [-0.1, -0.05) is 30.3 Å². The monoisotopic (exact) mass is 331 g/mol. The molecular formula is C17H21N3O2S. The Morgan fingerprint density at radius 3 is 2.57 bits per heavy atom. The number of carbonyl (C=O) groups is 1. The Balaban J connectivity index is 2.01. The number of carbonyl (C=O) groups excluding carboxylic acids is 1. The van der Waals surface area contributed by atoms with Gasteiger partial charge >= 0.3 is 0 Å². The van der Waals surface area contributed by atoms with Gasteiger partial charge in [0.25, 0.3) is 5.91 Å². The summed E-state index contributed by atoms with van der Waals surface area (Å²) in [5, 5.41) is 2.13. The number of aromatic nitrogens is 1. The smallest absolute Gasteiger partial charge is 0.291 e. The summed E-state index contributed by atoms with van der Waals surface area (Å²) in [6.07, 6.45) is 3.53. The van der Waals surface area contributed by atoms with E-state index in [4.69, 9.17) is 9.82 Å². The van der Waals surface area contributed by atoms with E-state index in [0.717, 1.165) is 42.3 Å². The first-order valence-corrected chi connectivity index (χ1v) is 8.65. The number of hydrogen-bond donors (Lipinski definition) is 0. The molecule has 1 fully saturated rings. The predicted octanol–water partition coefficient (Wildman–Crippen LogP) is 3.43. The molecule has 1 saturated heterocycles. The molecule has 2 aromatic rings. The standard InChI is InChI=1S/C17H21N3O2S/c1-19(22-2)17(21)14-15(20-11-7-4-8-12-20)18-16(23-14)13-9-5-3-6-10-13/h3,5-6,9-10H,4,7-8,11-12H2,1-2H3. The van der Waals surface area contributed by atoms with Crippen molar-refractivity contribution in [2.45, 2.75) is 19.3 Å². The van der Waals surface area contributed by atoms with Crippen LogP contribution in [-0.2, 0) is 4.84 Å². The summed E-state index contributed by atoms with van der Waals surface area (Å²) in [4.78, 5) is 25.4. The molecule has 0 radical (unpaired) electrons. The molecule has 1 amide bonds. The molecule has 1 aliphatic rings. The molecule has 0 unspecified atom stereocenters. The fourth-order valence-electron chi connectivity index (χ4n) is 2.70. The third kappa shape index (κ3) is 3.38. The number of piperidine rings is 1. The van der Waals surface area contributed by atoms with Gasteiger partial charge < -0.3 is 4.90 Å². The van der Waals surface area contributed by atoms with Crippen molar-refractivity contribution < 1.29 is 9.63 Å². The minimum absolute atomic E-state index is 0.146. The first kappa shape index (κ1) is 16.0. The van der Waals surface area contributed by atoms with Gasteiger partial charge in [0.05, 0.1) is 7.11 Å². The second kappa shape index (κ2) is 7.10. The lowest BCUT2D eigenvalue weighted by atomic mass is 10.1. The number of rotatable bonds is 4. The lowest BCUT2D eigenvalue weighted by molar-refractivity contribution is -0.0753. The van der Waals surface area contributed by atoms with E-state index in [-0.39, 0.29) is 5.91 Å². The molecule has 0 atom stereocenters. The summed E-state index contributed by atoms with van der Waals surface area (Å²) < 4.78 is 0. The highest BCUT2D eigenvalue weighted by atomic mass is 32.1. The summed E-state index contributed by atoms with van der Waals surface area (Å²) >= 11 is 1.43. The average Bonchev–Trinajstić information content (AvgIpc) is 3.07. The zero-order valence-corrected chi connectivity index (χ0v) is 14.3. The Bertz CT molecular complexity index is 666. The van der Waals surface area contributed by atoms with E-state index in [1.165, 1.54) is 29.9 Å². The highest BCUT2D eigenvalue weighted by Crippen LogP contribution is 2.35. The third-order valence-corrected chi connectivity index (χ3v) is 5.12. The molecule has 0 bridgehead atoms. The minimum Gasteiger partial charge on any atom is -0.355 e. The Morgan fingerprint density at radius 1 is 1.22 bits per heavy atom. The second-order valence-electron chi connectivity index (χ2n) is 5.57. The lowest BCUT2D eigenvalue weighted by Gasteiger charge is -2.27. The van der Waals surface area contributed by atoms with Crippen LogP contribution in [0, 0.1) is 0 Å². The lowest BCUT2D eigenvalue weighted by Crippen LogP contribution is -2.32. The second-order valence-corrected chi connectivity index (χ2v) is 6.57. The molecule has 0 N–H and O–H groups in total. The number of amides is 1. The first-order chi connectivity index (χ1) is 11.2. The van der Waals surface area contributed by atoms with Crippen LogP contribution in [0.15, 0.2) is 30.3 Å². The molecule has 2 heterocycles. The van der Waals surface area contributed by atoms with Gasteiger partial charge in [-0.15, -0.1) is 11.3 Å². The first-order valence-electron chi connectivity index (χ1n) is 7.84. The Kier molecular flexibility index (Phi) is 4.93. The maximum atomic E-state index is 12.6. The average molecular weight is 331 g/mol. The fraction of sp³-hybridized carbons (Fsp3) is 0.412. The maximum absolute atomic E-state index is 12.6. The van der Waals surface area contributed by atoms with E-state index >= 15 is 0 Å². The van der Waals surface area contributed by atoms with Gasteiger partial charge in [-0.3, -0.25) is 9.63 Å². The van der Waals surface area contributed by atoms with Crippen LogP contribution in [0.4, 0.5) is 5.82 Å². The summed E-state index contributed by atoms with van der Waals surface area (Å²) in [6, 6.07) is 9.99. The number of thiazole rings is 1. The SMILES string of the molecule is CON(C)C(=O)c1sc(-c2ccccc2)nc1N1CCCCC1. The molecule has 5 nitrogen and oxygen atoms in total. The van der Waals surface area contributed by atoms with Crippen molar-refractivity contribution in [1.29, 1.82) is 0 Å². The van der Waals surface area contributed by atoms with Gasteiger partial charge in [-0.2, -0.15) is 0 Å². The van der Waals surface area contributed by atoms with E-state index in [2.05, 4.69) is 4.90 Å². The normalized spacial score (nSPS) is 14.8. The number of anilines is 1. The van der Waals surface area contributed by atoms with Crippen molar-refractivity contribution in [3.63, 3.8) is 0 Å². The van der Waals surface area contributed by atoms with Crippen LogP contribution in [0.1, 0.15) is 28.9 Å². The Labute approximate surface area is 140 Å². The van der Waals surface area contributed by atoms with Crippen molar-refractivity contribution in [1.82, 2.24) is 10.0 Å². The van der Waals surface area contributed by atoms with Gasteiger partial charge in [0.1, 0.15) is 9.88 Å². The van der Waals surface area contributed by atoms with E-state index in [0.29, 0.717) is 4.88 Å². The van der Waals surface area contributed by atoms with E-state index < -0.39 is 0 Å². The Hall–Kier alpha value is -1.92. The quantitative estimate of drug-likeness (QED) is 0.805. The molecule has 6 heteroatoms. The van der Waals surface area contributed by atoms with Crippen LogP contribution in [0.3, 0.4) is 0 Å². The maximum Gasteiger partial charge on any atom is 0.291 e. The van der Waals surface area contributed by atoms with E-state index in [1.54, 1.807) is 7.05 Å². The fourth-order valence-corrected chi connectivity index (χ4v) is 3.76. The molecule has 0 spiro atoms. The van der Waals surface area contributed by atoms with Crippen LogP contribution >= 0.6 is 11.3 Å². The summed E-state index contributed by atoms with van der Waals surface area (Å²) in [6.45, 7) is 1.91. The molecule has 0 aliphatic carbocycles. The van der Waals surface area contributed by atoms with Crippen LogP contribution in [0.25, 0.3) is 10.6 Å². The van der Waals surface area contributed by atoms with Crippen molar-refractivity contribution in [2.75, 3.05) is 32.1 Å². The van der Waals surface area contributed by atoms with Gasteiger partial charge in [0, 0.05) is 25.7 Å². The molecule has 1 aromatic carbocycles. The summed E-state index contributed by atoms with van der Waals surface area (Å²) in [5.41, 5.74) is 1.04. The van der Waals surface area contributed by atoms with Gasteiger partial charge in [-0.05, 0) is 19.3 Å². The third-order valence-electron chi connectivity index (χ3n) is 4.04. The van der Waals surface area contributed by atoms with Crippen molar-refractivity contribution in [3.8, 4) is 10.6 Å². The van der Waals surface area contributed by atoms with Gasteiger partial charge in [-0.25, -0.2) is 10.0 Å². The number of hydroxylamine groups is 2. The predicted molar refractivity (Wildman–Crippen MR) is 92.7 cm³/mol. The molecule has 1 aromatic heterocycles. The number of benzene rings is 1. The molecule has 3 rings (SSSR count). The van der Waals surface area contributed by atoms with Crippen molar-refractivity contribution in [3.05, 3.63) is 35.2 Å². The summed E-state index contributed by atoms with van der Waals surface area (Å²) in [7, 11) is 3.13. The van der Waals surface area contributed by atoms with E-state index in [9.17, 15) is 4.79 Å². The molecular weight excluding hydrogens is 310 g/mol. The number of nitrogens with zero attached hydrogens (tertiary/aromatic N) is 3. The Morgan fingerprint density at radius 2 is 1.91 bits per heavy atom. The van der Waals surface area contributed by atoms with Crippen molar-refractivity contribution >= 4 is 23.1 Å². The van der Waals surface area contributed by atoms with Crippen LogP contribution in [-0.4, -0.2) is 43.2 Å². The number of hydrogen-bond acceptors (Lipinski definition) is 5. The largest absolute Gasteiger partial charge is 0.355 e. The molecule has 0 saturated carbocycles. The highest BCUT2D eigenvalue weighted by molar-refractivity contribution is 7.17. The zero-order valence-electron chi connectivity index (χ0n) is 13.5. The van der Waals surface area contributed by atoms with Crippen LogP contribution < -0.4 is 4.90 Å². The highest BCUT2D eigenvalue weighted by Gasteiger charge is 2.26. The topological polar surface area (TPSA) is 45.7 Å². The zero-order chi connectivity index (χ0) is 16.2. The van der Waals surface area contributed by atoms with Crippen molar-refractivity contribution in [2.24, 2.45) is 0 Å².